The molecule has 0 radical (unpaired) electrons. The topological polar surface area (TPSA) is 120 Å². The molecule has 0 atom stereocenters. The first kappa shape index (κ1) is 15.5. The predicted octanol–water partition coefficient (Wildman–Crippen LogP) is 0.580. The van der Waals surface area contributed by atoms with Crippen LogP contribution in [0, 0.1) is 0 Å². The minimum atomic E-state index is -0.801. The van der Waals surface area contributed by atoms with Crippen molar-refractivity contribution in [2.45, 2.75) is 0 Å². The zero-order chi connectivity index (χ0) is 17.1. The highest BCUT2D eigenvalue weighted by molar-refractivity contribution is 6.03. The van der Waals surface area contributed by atoms with Gasteiger partial charge in [0.1, 0.15) is 24.5 Å². The van der Waals surface area contributed by atoms with E-state index >= 15 is 0 Å². The van der Waals surface area contributed by atoms with Gasteiger partial charge in [-0.2, -0.15) is 0 Å². The molecule has 0 bridgehead atoms. The number of aromatic amines is 1. The average molecular weight is 331 g/mol. The maximum Gasteiger partial charge on any atom is 0.343 e. The molecule has 124 valence electrons. The lowest BCUT2D eigenvalue weighted by Gasteiger charge is -2.17. The van der Waals surface area contributed by atoms with Gasteiger partial charge < -0.3 is 24.5 Å². The molecular formula is C15H13N3O6. The molecule has 0 unspecified atom stereocenters. The minimum Gasteiger partial charge on any atom is -0.484 e. The van der Waals surface area contributed by atoms with E-state index in [0.29, 0.717) is 19.0 Å². The third-order valence-corrected chi connectivity index (χ3v) is 3.20. The number of amides is 1. The summed E-state index contributed by atoms with van der Waals surface area (Å²) < 4.78 is 15.2. The van der Waals surface area contributed by atoms with Crippen molar-refractivity contribution >= 4 is 17.6 Å². The van der Waals surface area contributed by atoms with Gasteiger partial charge in [-0.3, -0.25) is 9.59 Å². The summed E-state index contributed by atoms with van der Waals surface area (Å²) in [6.07, 6.45) is 1.27. The number of nitrogens with zero attached hydrogens (tertiary/aromatic N) is 1. The largest absolute Gasteiger partial charge is 0.484 e. The predicted molar refractivity (Wildman–Crippen MR) is 81.6 cm³/mol. The number of H-pyrrole nitrogens is 1. The second kappa shape index (κ2) is 6.41. The molecule has 9 heteroatoms. The minimum absolute atomic E-state index is 0.102. The Balaban J connectivity index is 1.82. The van der Waals surface area contributed by atoms with Crippen LogP contribution < -0.4 is 20.3 Å². The van der Waals surface area contributed by atoms with E-state index in [2.05, 4.69) is 20.0 Å². The van der Waals surface area contributed by atoms with E-state index in [1.807, 2.05) is 0 Å². The molecule has 9 nitrogen and oxygen atoms in total. The van der Waals surface area contributed by atoms with E-state index in [0.717, 1.165) is 7.11 Å². The van der Waals surface area contributed by atoms with Crippen molar-refractivity contribution in [1.82, 2.24) is 9.97 Å². The highest BCUT2D eigenvalue weighted by Gasteiger charge is 2.18. The van der Waals surface area contributed by atoms with Crippen LogP contribution in [-0.4, -0.2) is 42.2 Å². The van der Waals surface area contributed by atoms with Crippen molar-refractivity contribution in [2.24, 2.45) is 0 Å². The highest BCUT2D eigenvalue weighted by Crippen LogP contribution is 2.27. The summed E-state index contributed by atoms with van der Waals surface area (Å²) in [7, 11) is 1.16. The van der Waals surface area contributed by atoms with Crippen molar-refractivity contribution in [3.05, 3.63) is 46.0 Å². The van der Waals surface area contributed by atoms with Crippen LogP contribution in [0.25, 0.3) is 0 Å². The normalized spacial score (nSPS) is 12.4. The summed E-state index contributed by atoms with van der Waals surface area (Å²) in [5.41, 5.74) is -0.510. The molecule has 0 spiro atoms. The lowest BCUT2D eigenvalue weighted by atomic mass is 10.2. The Morgan fingerprint density at radius 3 is 2.88 bits per heavy atom. The van der Waals surface area contributed by atoms with Gasteiger partial charge in [0.2, 0.25) is 0 Å². The van der Waals surface area contributed by atoms with Crippen LogP contribution in [0.5, 0.6) is 11.6 Å². The smallest absolute Gasteiger partial charge is 0.343 e. The third-order valence-electron chi connectivity index (χ3n) is 3.20. The Morgan fingerprint density at radius 1 is 1.29 bits per heavy atom. The van der Waals surface area contributed by atoms with Crippen LogP contribution in [0.15, 0.2) is 29.2 Å². The fraction of sp³-hybridized carbons (Fsp3) is 0.200. The number of methoxy groups -OCH3 is 1. The zero-order valence-corrected chi connectivity index (χ0v) is 12.6. The number of fused-ring (bicyclic) bond motifs is 1. The monoisotopic (exact) mass is 331 g/mol. The number of esters is 1. The number of carbonyl (C=O) groups excluding carboxylic acids is 2. The number of carbonyl (C=O) groups is 2. The van der Waals surface area contributed by atoms with Gasteiger partial charge in [0.05, 0.1) is 12.8 Å². The maximum atomic E-state index is 12.3. The third kappa shape index (κ3) is 3.05. The van der Waals surface area contributed by atoms with E-state index in [1.165, 1.54) is 18.3 Å². The first-order valence-corrected chi connectivity index (χ1v) is 6.97. The summed E-state index contributed by atoms with van der Waals surface area (Å²) in [5, 5.41) is 2.54. The number of ether oxygens (including phenoxy) is 3. The van der Waals surface area contributed by atoms with Crippen molar-refractivity contribution in [3.8, 4) is 11.6 Å². The number of nitrogens with one attached hydrogen (secondary N) is 2. The van der Waals surface area contributed by atoms with Crippen molar-refractivity contribution in [1.29, 1.82) is 0 Å². The average Bonchev–Trinajstić information content (AvgIpc) is 2.62. The van der Waals surface area contributed by atoms with Crippen molar-refractivity contribution in [2.75, 3.05) is 25.6 Å². The van der Waals surface area contributed by atoms with Gasteiger partial charge in [-0.15, -0.1) is 0 Å². The van der Waals surface area contributed by atoms with E-state index < -0.39 is 17.4 Å². The lowest BCUT2D eigenvalue weighted by molar-refractivity contribution is 0.0598. The van der Waals surface area contributed by atoms with Crippen LogP contribution in [-0.2, 0) is 4.74 Å². The molecule has 0 aromatic carbocycles. The van der Waals surface area contributed by atoms with Gasteiger partial charge in [0.25, 0.3) is 17.3 Å². The molecule has 24 heavy (non-hydrogen) atoms. The summed E-state index contributed by atoms with van der Waals surface area (Å²) in [5.74, 6) is -0.625. The molecule has 0 fully saturated rings. The van der Waals surface area contributed by atoms with Crippen LogP contribution >= 0.6 is 0 Å². The number of anilines is 1. The number of aromatic nitrogens is 2. The van der Waals surface area contributed by atoms with E-state index in [-0.39, 0.29) is 22.8 Å². The van der Waals surface area contributed by atoms with Gasteiger partial charge >= 0.3 is 5.97 Å². The molecule has 1 aliphatic heterocycles. The molecule has 2 aromatic rings. The van der Waals surface area contributed by atoms with Crippen molar-refractivity contribution in [3.63, 3.8) is 0 Å². The van der Waals surface area contributed by atoms with Gasteiger partial charge in [-0.05, 0) is 18.2 Å². The Labute approximate surface area is 135 Å². The molecule has 2 aromatic heterocycles. The summed E-state index contributed by atoms with van der Waals surface area (Å²) >= 11 is 0. The second-order valence-electron chi connectivity index (χ2n) is 4.77. The highest BCUT2D eigenvalue weighted by atomic mass is 16.6. The molecule has 0 aliphatic carbocycles. The number of hydrogen-bond donors (Lipinski definition) is 2. The molecule has 0 saturated carbocycles. The summed E-state index contributed by atoms with van der Waals surface area (Å²) in [6.45, 7) is 0.779. The Morgan fingerprint density at radius 2 is 2.08 bits per heavy atom. The quantitative estimate of drug-likeness (QED) is 0.789. The number of hydrogen-bond acceptors (Lipinski definition) is 7. The lowest BCUT2D eigenvalue weighted by Crippen LogP contribution is -2.21. The van der Waals surface area contributed by atoms with Gasteiger partial charge in [0, 0.05) is 6.20 Å². The van der Waals surface area contributed by atoms with E-state index in [9.17, 15) is 14.4 Å². The second-order valence-corrected chi connectivity index (χ2v) is 4.77. The molecule has 1 aliphatic rings. The molecule has 3 heterocycles. The molecular weight excluding hydrogens is 318 g/mol. The first-order chi connectivity index (χ1) is 11.6. The molecule has 2 N–H and O–H groups in total. The van der Waals surface area contributed by atoms with Gasteiger partial charge in [-0.25, -0.2) is 9.78 Å². The molecule has 0 saturated heterocycles. The summed E-state index contributed by atoms with van der Waals surface area (Å²) in [4.78, 5) is 41.8. The number of pyridine rings is 2. The van der Waals surface area contributed by atoms with E-state index in [4.69, 9.17) is 9.47 Å². The molecule has 1 amide bonds. The fourth-order valence-corrected chi connectivity index (χ4v) is 2.07. The van der Waals surface area contributed by atoms with E-state index in [1.54, 1.807) is 6.07 Å². The zero-order valence-electron chi connectivity index (χ0n) is 12.6. The first-order valence-electron chi connectivity index (χ1n) is 6.97. The van der Waals surface area contributed by atoms with Gasteiger partial charge in [0.15, 0.2) is 5.75 Å². The Bertz CT molecular complexity index is 861. The SMILES string of the molecule is COC(=O)c1cc(NC(=O)c2ccc3c(n2)OCCO3)c[nH]c1=O. The van der Waals surface area contributed by atoms with Crippen LogP contribution in [0.2, 0.25) is 0 Å². The Hall–Kier alpha value is -3.36. The number of rotatable bonds is 3. The molecule has 3 rings (SSSR count). The standard InChI is InChI=1S/C15H13N3O6/c1-22-15(21)9-6-8(7-16-12(9)19)17-13(20)10-2-3-11-14(18-10)24-5-4-23-11/h2-3,6-7H,4-5H2,1H3,(H,16,19)(H,17,20). The van der Waals surface area contributed by atoms with Crippen molar-refractivity contribution < 1.29 is 23.8 Å². The Kier molecular flexibility index (Phi) is 4.15. The van der Waals surface area contributed by atoms with Crippen LogP contribution in [0.1, 0.15) is 20.8 Å². The van der Waals surface area contributed by atoms with Gasteiger partial charge in [-0.1, -0.05) is 0 Å². The summed E-state index contributed by atoms with van der Waals surface area (Å²) in [6, 6.07) is 4.29. The maximum absolute atomic E-state index is 12.3. The van der Waals surface area contributed by atoms with Crippen LogP contribution in [0.3, 0.4) is 0 Å². The van der Waals surface area contributed by atoms with Crippen LogP contribution in [0.4, 0.5) is 5.69 Å². The fourth-order valence-electron chi connectivity index (χ4n) is 2.07.